The summed E-state index contributed by atoms with van der Waals surface area (Å²) in [5.41, 5.74) is 3.99. The van der Waals surface area contributed by atoms with Crippen LogP contribution in [-0.2, 0) is 4.79 Å². The van der Waals surface area contributed by atoms with Gasteiger partial charge in [-0.3, -0.25) is 14.8 Å². The van der Waals surface area contributed by atoms with Crippen LogP contribution in [0.2, 0.25) is 0 Å². The number of hydroxylamine groups is 1. The van der Waals surface area contributed by atoms with Crippen molar-refractivity contribution in [2.75, 3.05) is 0 Å². The van der Waals surface area contributed by atoms with Gasteiger partial charge in [-0.05, 0) is 55.9 Å². The summed E-state index contributed by atoms with van der Waals surface area (Å²) in [7, 11) is 0. The number of rotatable bonds is 6. The monoisotopic (exact) mass is 391 g/mol. The standard InChI is InChI=1S/C24H25NO4/c1-16(26)22(15-23(27)25-29)20-13-14-21(20)24(28)19-11-9-18(10-12-19)8-7-17-5-3-2-4-6-17/h2-6,9-12,16,20-22,26,29H,13-15H2,1H3,(H,25,27)/t16-,20?,21?,22-/m1/s1. The van der Waals surface area contributed by atoms with Gasteiger partial charge in [-0.1, -0.05) is 42.2 Å². The van der Waals surface area contributed by atoms with Crippen LogP contribution in [0.1, 0.15) is 47.7 Å². The zero-order chi connectivity index (χ0) is 20.8. The zero-order valence-electron chi connectivity index (χ0n) is 16.3. The maximum Gasteiger partial charge on any atom is 0.243 e. The van der Waals surface area contributed by atoms with Gasteiger partial charge < -0.3 is 5.11 Å². The Kier molecular flexibility index (Phi) is 6.82. The number of amides is 1. The number of Topliss-reactive ketones (excluding diaryl/α,β-unsaturated/α-hetero) is 1. The molecular formula is C24H25NO4. The summed E-state index contributed by atoms with van der Waals surface area (Å²) < 4.78 is 0. The second-order valence-corrected chi connectivity index (χ2v) is 7.55. The number of aliphatic hydroxyl groups excluding tert-OH is 1. The minimum atomic E-state index is -0.733. The van der Waals surface area contributed by atoms with Crippen molar-refractivity contribution >= 4 is 11.7 Å². The number of hydrogen-bond acceptors (Lipinski definition) is 4. The van der Waals surface area contributed by atoms with E-state index in [9.17, 15) is 14.7 Å². The summed E-state index contributed by atoms with van der Waals surface area (Å²) in [6.45, 7) is 1.62. The molecule has 3 rings (SSSR count). The first kappa shape index (κ1) is 20.8. The Morgan fingerprint density at radius 2 is 1.66 bits per heavy atom. The van der Waals surface area contributed by atoms with E-state index in [-0.39, 0.29) is 30.0 Å². The maximum absolute atomic E-state index is 12.9. The highest BCUT2D eigenvalue weighted by Crippen LogP contribution is 2.44. The van der Waals surface area contributed by atoms with E-state index < -0.39 is 12.0 Å². The summed E-state index contributed by atoms with van der Waals surface area (Å²) in [4.78, 5) is 24.5. The van der Waals surface area contributed by atoms with Gasteiger partial charge in [0.25, 0.3) is 0 Å². The van der Waals surface area contributed by atoms with Crippen LogP contribution in [0.4, 0.5) is 0 Å². The molecule has 5 heteroatoms. The Morgan fingerprint density at radius 1 is 1.03 bits per heavy atom. The van der Waals surface area contributed by atoms with Crippen LogP contribution in [0.5, 0.6) is 0 Å². The molecule has 0 aromatic heterocycles. The van der Waals surface area contributed by atoms with Crippen molar-refractivity contribution in [3.8, 4) is 11.8 Å². The molecule has 0 heterocycles. The van der Waals surface area contributed by atoms with E-state index in [2.05, 4.69) is 11.8 Å². The van der Waals surface area contributed by atoms with Crippen molar-refractivity contribution in [1.29, 1.82) is 0 Å². The van der Waals surface area contributed by atoms with Gasteiger partial charge >= 0.3 is 0 Å². The summed E-state index contributed by atoms with van der Waals surface area (Å²) in [5, 5.41) is 18.8. The highest BCUT2D eigenvalue weighted by atomic mass is 16.5. The molecule has 2 aromatic carbocycles. The average Bonchev–Trinajstić information content (AvgIpc) is 2.71. The molecule has 29 heavy (non-hydrogen) atoms. The lowest BCUT2D eigenvalue weighted by atomic mass is 9.62. The molecule has 150 valence electrons. The third kappa shape index (κ3) is 5.11. The summed E-state index contributed by atoms with van der Waals surface area (Å²) in [6.07, 6.45) is 0.786. The SMILES string of the molecule is C[C@@H](O)[C@@H](CC(=O)NO)C1CCC1C(=O)c1ccc(C#Cc2ccccc2)cc1. The molecule has 1 aliphatic carbocycles. The Bertz CT molecular complexity index is 909. The quantitative estimate of drug-likeness (QED) is 0.305. The van der Waals surface area contributed by atoms with Gasteiger partial charge in [-0.2, -0.15) is 0 Å². The van der Waals surface area contributed by atoms with Crippen LogP contribution >= 0.6 is 0 Å². The predicted molar refractivity (Wildman–Crippen MR) is 109 cm³/mol. The summed E-state index contributed by atoms with van der Waals surface area (Å²) in [5.74, 6) is 5.01. The highest BCUT2D eigenvalue weighted by Gasteiger charge is 2.43. The first-order chi connectivity index (χ1) is 14.0. The molecule has 0 aliphatic heterocycles. The van der Waals surface area contributed by atoms with Crippen LogP contribution in [0.25, 0.3) is 0 Å². The Hall–Kier alpha value is -2.94. The average molecular weight is 391 g/mol. The lowest BCUT2D eigenvalue weighted by Gasteiger charge is -2.42. The third-order valence-electron chi connectivity index (χ3n) is 5.67. The second-order valence-electron chi connectivity index (χ2n) is 7.55. The summed E-state index contributed by atoms with van der Waals surface area (Å²) in [6, 6.07) is 16.9. The van der Waals surface area contributed by atoms with Crippen LogP contribution in [0, 0.1) is 29.6 Å². The van der Waals surface area contributed by atoms with Crippen molar-refractivity contribution in [2.45, 2.75) is 32.3 Å². The number of carbonyl (C=O) groups excluding carboxylic acids is 2. The van der Waals surface area contributed by atoms with Gasteiger partial charge in [0.15, 0.2) is 5.78 Å². The Balaban J connectivity index is 1.68. The van der Waals surface area contributed by atoms with Gasteiger partial charge in [0.1, 0.15) is 0 Å². The van der Waals surface area contributed by atoms with Crippen molar-refractivity contribution in [2.24, 2.45) is 17.8 Å². The zero-order valence-corrected chi connectivity index (χ0v) is 16.3. The fraction of sp³-hybridized carbons (Fsp3) is 0.333. The van der Waals surface area contributed by atoms with Crippen LogP contribution in [0.15, 0.2) is 54.6 Å². The molecule has 4 atom stereocenters. The summed E-state index contributed by atoms with van der Waals surface area (Å²) >= 11 is 0. The van der Waals surface area contributed by atoms with Crippen molar-refractivity contribution in [3.05, 3.63) is 71.3 Å². The lowest BCUT2D eigenvalue weighted by molar-refractivity contribution is -0.132. The van der Waals surface area contributed by atoms with Gasteiger partial charge in [0, 0.05) is 29.0 Å². The van der Waals surface area contributed by atoms with Gasteiger partial charge in [0.05, 0.1) is 6.10 Å². The normalized spacial score (nSPS) is 19.8. The van der Waals surface area contributed by atoms with E-state index in [4.69, 9.17) is 5.21 Å². The molecule has 1 fully saturated rings. The topological polar surface area (TPSA) is 86.6 Å². The van der Waals surface area contributed by atoms with Gasteiger partial charge in [0.2, 0.25) is 5.91 Å². The first-order valence-electron chi connectivity index (χ1n) is 9.82. The van der Waals surface area contributed by atoms with E-state index in [1.54, 1.807) is 24.5 Å². The third-order valence-corrected chi connectivity index (χ3v) is 5.67. The largest absolute Gasteiger partial charge is 0.393 e. The molecule has 0 saturated heterocycles. The maximum atomic E-state index is 12.9. The number of ketones is 1. The number of aliphatic hydroxyl groups is 1. The lowest BCUT2D eigenvalue weighted by Crippen LogP contribution is -2.43. The molecule has 0 bridgehead atoms. The van der Waals surface area contributed by atoms with Gasteiger partial charge in [-0.15, -0.1) is 0 Å². The van der Waals surface area contributed by atoms with Crippen LogP contribution in [-0.4, -0.2) is 28.1 Å². The van der Waals surface area contributed by atoms with E-state index in [0.29, 0.717) is 5.56 Å². The van der Waals surface area contributed by atoms with Crippen molar-refractivity contribution in [3.63, 3.8) is 0 Å². The van der Waals surface area contributed by atoms with Gasteiger partial charge in [-0.25, -0.2) is 5.48 Å². The van der Waals surface area contributed by atoms with Crippen LogP contribution < -0.4 is 5.48 Å². The molecule has 3 N–H and O–H groups in total. The molecule has 5 nitrogen and oxygen atoms in total. The number of carbonyl (C=O) groups is 2. The molecular weight excluding hydrogens is 366 g/mol. The highest BCUT2D eigenvalue weighted by molar-refractivity contribution is 5.98. The Morgan fingerprint density at radius 3 is 2.17 bits per heavy atom. The van der Waals surface area contributed by atoms with E-state index in [1.807, 2.05) is 42.5 Å². The molecule has 1 saturated carbocycles. The van der Waals surface area contributed by atoms with E-state index in [1.165, 1.54) is 0 Å². The second kappa shape index (κ2) is 9.51. The fourth-order valence-electron chi connectivity index (χ4n) is 3.90. The number of hydrogen-bond donors (Lipinski definition) is 3. The molecule has 2 aromatic rings. The molecule has 2 unspecified atom stereocenters. The molecule has 0 spiro atoms. The van der Waals surface area contributed by atoms with E-state index >= 15 is 0 Å². The van der Waals surface area contributed by atoms with Crippen LogP contribution in [0.3, 0.4) is 0 Å². The smallest absolute Gasteiger partial charge is 0.243 e. The predicted octanol–water partition coefficient (Wildman–Crippen LogP) is 3.19. The van der Waals surface area contributed by atoms with Crippen molar-refractivity contribution < 1.29 is 19.9 Å². The molecule has 0 radical (unpaired) electrons. The Labute approximate surface area is 170 Å². The number of benzene rings is 2. The minimum Gasteiger partial charge on any atom is -0.393 e. The minimum absolute atomic E-state index is 0.00335. The number of nitrogens with one attached hydrogen (secondary N) is 1. The van der Waals surface area contributed by atoms with E-state index in [0.717, 1.165) is 24.0 Å². The fourth-order valence-corrected chi connectivity index (χ4v) is 3.90. The molecule has 1 amide bonds. The van der Waals surface area contributed by atoms with Crippen molar-refractivity contribution in [1.82, 2.24) is 5.48 Å². The molecule has 1 aliphatic rings. The first-order valence-corrected chi connectivity index (χ1v) is 9.82.